The van der Waals surface area contributed by atoms with Gasteiger partial charge in [0.1, 0.15) is 17.5 Å². The zero-order valence-corrected chi connectivity index (χ0v) is 14.6. The molecule has 1 saturated heterocycles. The first kappa shape index (κ1) is 16.9. The topological polar surface area (TPSA) is 58.1 Å². The zero-order valence-electron chi connectivity index (χ0n) is 14.6. The quantitative estimate of drug-likeness (QED) is 0.848. The summed E-state index contributed by atoms with van der Waals surface area (Å²) in [5.41, 5.74) is 2.04. The minimum absolute atomic E-state index is 0.0129. The Morgan fingerprint density at radius 1 is 1.31 bits per heavy atom. The number of benzene rings is 1. The highest BCUT2D eigenvalue weighted by atomic mass is 19.1. The van der Waals surface area contributed by atoms with Gasteiger partial charge in [0.2, 0.25) is 0 Å². The fraction of sp³-hybridized carbons (Fsp3) is 0.421. The van der Waals surface area contributed by atoms with Crippen LogP contribution in [0.4, 0.5) is 19.3 Å². The van der Waals surface area contributed by atoms with E-state index in [-0.39, 0.29) is 17.1 Å². The molecule has 0 saturated carbocycles. The van der Waals surface area contributed by atoms with E-state index in [1.165, 1.54) is 6.07 Å². The first-order valence-electron chi connectivity index (χ1n) is 8.81. The number of piperidine rings is 1. The van der Waals surface area contributed by atoms with Gasteiger partial charge in [0.15, 0.2) is 0 Å². The van der Waals surface area contributed by atoms with E-state index < -0.39 is 11.6 Å². The molecule has 1 aliphatic carbocycles. The molecule has 2 aliphatic rings. The van der Waals surface area contributed by atoms with Crippen molar-refractivity contribution in [2.45, 2.75) is 38.0 Å². The van der Waals surface area contributed by atoms with Gasteiger partial charge < -0.3 is 10.2 Å². The largest absolute Gasteiger partial charge is 0.324 e. The van der Waals surface area contributed by atoms with Gasteiger partial charge in [-0.1, -0.05) is 0 Å². The third-order valence-corrected chi connectivity index (χ3v) is 5.40. The molecule has 7 heteroatoms. The van der Waals surface area contributed by atoms with E-state index in [1.807, 2.05) is 13.1 Å². The third kappa shape index (κ3) is 2.91. The summed E-state index contributed by atoms with van der Waals surface area (Å²) in [6.07, 6.45) is 5.58. The molecular weight excluding hydrogens is 338 g/mol. The number of anilines is 1. The summed E-state index contributed by atoms with van der Waals surface area (Å²) in [7, 11) is 0. The van der Waals surface area contributed by atoms with E-state index in [1.54, 1.807) is 4.90 Å². The molecule has 2 aromatic rings. The molecule has 5 nitrogen and oxygen atoms in total. The number of rotatable bonds is 1. The summed E-state index contributed by atoms with van der Waals surface area (Å²) < 4.78 is 26.9. The molecule has 2 heterocycles. The molecule has 1 fully saturated rings. The Balaban J connectivity index is 1.54. The van der Waals surface area contributed by atoms with Crippen molar-refractivity contribution >= 4 is 11.7 Å². The van der Waals surface area contributed by atoms with Gasteiger partial charge in [0.05, 0.1) is 11.4 Å². The number of aryl methyl sites for hydroxylation is 2. The molecule has 1 spiro atoms. The average molecular weight is 358 g/mol. The first-order valence-corrected chi connectivity index (χ1v) is 8.81. The van der Waals surface area contributed by atoms with E-state index >= 15 is 0 Å². The number of carbonyl (C=O) groups is 1. The molecule has 1 N–H and O–H groups in total. The van der Waals surface area contributed by atoms with Crippen LogP contribution in [0.3, 0.4) is 0 Å². The number of hydrogen-bond acceptors (Lipinski definition) is 3. The van der Waals surface area contributed by atoms with Gasteiger partial charge in [-0.25, -0.2) is 23.5 Å². The predicted octanol–water partition coefficient (Wildman–Crippen LogP) is 3.58. The van der Waals surface area contributed by atoms with Crippen LogP contribution in [-0.4, -0.2) is 34.0 Å². The van der Waals surface area contributed by atoms with Gasteiger partial charge in [-0.05, 0) is 50.3 Å². The summed E-state index contributed by atoms with van der Waals surface area (Å²) >= 11 is 0. The van der Waals surface area contributed by atoms with Crippen LogP contribution in [0.15, 0.2) is 24.4 Å². The van der Waals surface area contributed by atoms with Gasteiger partial charge in [-0.15, -0.1) is 0 Å². The second-order valence-corrected chi connectivity index (χ2v) is 7.15. The SMILES string of the molecule is Cc1ncc2c(n1)C1(CCCN(C(=O)Nc3ccc(F)cc3F)C1)CC2. The van der Waals surface area contributed by atoms with Crippen molar-refractivity contribution in [1.82, 2.24) is 14.9 Å². The second kappa shape index (κ2) is 6.30. The van der Waals surface area contributed by atoms with Crippen LogP contribution in [0.5, 0.6) is 0 Å². The van der Waals surface area contributed by atoms with Crippen molar-refractivity contribution in [2.75, 3.05) is 18.4 Å². The Hall–Kier alpha value is -2.57. The summed E-state index contributed by atoms with van der Waals surface area (Å²) in [5, 5.41) is 2.56. The van der Waals surface area contributed by atoms with Gasteiger partial charge in [-0.3, -0.25) is 0 Å². The van der Waals surface area contributed by atoms with E-state index in [0.717, 1.165) is 54.9 Å². The molecular formula is C19H20F2N4O. The zero-order chi connectivity index (χ0) is 18.3. The van der Waals surface area contributed by atoms with Crippen molar-refractivity contribution in [3.05, 3.63) is 53.1 Å². The van der Waals surface area contributed by atoms with Crippen molar-refractivity contribution in [1.29, 1.82) is 0 Å². The molecule has 1 aromatic heterocycles. The fourth-order valence-electron chi connectivity index (χ4n) is 4.12. The molecule has 2 amide bonds. The third-order valence-electron chi connectivity index (χ3n) is 5.40. The van der Waals surface area contributed by atoms with E-state index in [0.29, 0.717) is 13.1 Å². The second-order valence-electron chi connectivity index (χ2n) is 7.15. The monoisotopic (exact) mass is 358 g/mol. The first-order chi connectivity index (χ1) is 12.5. The predicted molar refractivity (Wildman–Crippen MR) is 93.0 cm³/mol. The van der Waals surface area contributed by atoms with Crippen molar-refractivity contribution in [2.24, 2.45) is 0 Å². The Morgan fingerprint density at radius 2 is 2.15 bits per heavy atom. The van der Waals surface area contributed by atoms with Gasteiger partial charge >= 0.3 is 6.03 Å². The Kier molecular flexibility index (Phi) is 4.09. The lowest BCUT2D eigenvalue weighted by molar-refractivity contribution is 0.157. The maximum atomic E-state index is 13.8. The number of aromatic nitrogens is 2. The molecule has 4 rings (SSSR count). The number of nitrogens with one attached hydrogen (secondary N) is 1. The number of likely N-dealkylation sites (tertiary alicyclic amines) is 1. The van der Waals surface area contributed by atoms with Gasteiger partial charge in [0, 0.05) is 30.8 Å². The number of carbonyl (C=O) groups excluding carboxylic acids is 1. The van der Waals surface area contributed by atoms with Crippen LogP contribution in [0.1, 0.15) is 36.3 Å². The Morgan fingerprint density at radius 3 is 2.96 bits per heavy atom. The molecule has 136 valence electrons. The molecule has 26 heavy (non-hydrogen) atoms. The number of fused-ring (bicyclic) bond motifs is 2. The maximum absolute atomic E-state index is 13.8. The van der Waals surface area contributed by atoms with Crippen LogP contribution < -0.4 is 5.32 Å². The number of halogens is 2. The molecule has 0 radical (unpaired) electrons. The molecule has 1 atom stereocenters. The summed E-state index contributed by atoms with van der Waals surface area (Å²) in [5.74, 6) is -0.713. The van der Waals surface area contributed by atoms with Crippen LogP contribution in [0.25, 0.3) is 0 Å². The van der Waals surface area contributed by atoms with Crippen LogP contribution in [0, 0.1) is 18.6 Å². The molecule has 0 bridgehead atoms. The smallest absolute Gasteiger partial charge is 0.321 e. The molecule has 1 unspecified atom stereocenters. The summed E-state index contributed by atoms with van der Waals surface area (Å²) in [6.45, 7) is 3.03. The summed E-state index contributed by atoms with van der Waals surface area (Å²) in [4.78, 5) is 23.3. The molecule has 1 aromatic carbocycles. The average Bonchev–Trinajstić information content (AvgIpc) is 2.95. The van der Waals surface area contributed by atoms with Crippen molar-refractivity contribution in [3.63, 3.8) is 0 Å². The standard InChI is InChI=1S/C19H20F2N4O/c1-12-22-10-13-5-7-19(17(13)23-12)6-2-8-25(11-19)18(26)24-16-4-3-14(20)9-15(16)21/h3-4,9-10H,2,5-8,11H2,1H3,(H,24,26). The highest BCUT2D eigenvalue weighted by molar-refractivity contribution is 5.89. The normalized spacial score (nSPS) is 21.7. The number of nitrogens with zero attached hydrogens (tertiary/aromatic N) is 3. The molecule has 1 aliphatic heterocycles. The van der Waals surface area contributed by atoms with Crippen LogP contribution >= 0.6 is 0 Å². The van der Waals surface area contributed by atoms with E-state index in [4.69, 9.17) is 0 Å². The Labute approximate surface area is 150 Å². The lowest BCUT2D eigenvalue weighted by Gasteiger charge is -2.40. The van der Waals surface area contributed by atoms with Crippen LogP contribution in [0.2, 0.25) is 0 Å². The summed E-state index contributed by atoms with van der Waals surface area (Å²) in [6, 6.07) is 2.77. The van der Waals surface area contributed by atoms with E-state index in [9.17, 15) is 13.6 Å². The Bertz CT molecular complexity index is 869. The maximum Gasteiger partial charge on any atom is 0.321 e. The van der Waals surface area contributed by atoms with Crippen molar-refractivity contribution in [3.8, 4) is 0 Å². The van der Waals surface area contributed by atoms with Gasteiger partial charge in [0.25, 0.3) is 0 Å². The highest BCUT2D eigenvalue weighted by Crippen LogP contribution is 2.43. The van der Waals surface area contributed by atoms with Gasteiger partial charge in [-0.2, -0.15) is 0 Å². The lowest BCUT2D eigenvalue weighted by Crippen LogP contribution is -2.49. The van der Waals surface area contributed by atoms with Crippen molar-refractivity contribution < 1.29 is 13.6 Å². The minimum Gasteiger partial charge on any atom is -0.324 e. The lowest BCUT2D eigenvalue weighted by atomic mass is 9.77. The number of urea groups is 1. The number of amides is 2. The number of hydrogen-bond donors (Lipinski definition) is 1. The minimum atomic E-state index is -0.778. The van der Waals surface area contributed by atoms with E-state index in [2.05, 4.69) is 15.3 Å². The fourth-order valence-corrected chi connectivity index (χ4v) is 4.12. The highest BCUT2D eigenvalue weighted by Gasteiger charge is 2.44. The van der Waals surface area contributed by atoms with Crippen LogP contribution in [-0.2, 0) is 11.8 Å².